The number of carbonyl (C=O) groups is 1. The summed E-state index contributed by atoms with van der Waals surface area (Å²) < 4.78 is 0. The molecule has 6 nitrogen and oxygen atoms in total. The zero-order valence-corrected chi connectivity index (χ0v) is 13.8. The van der Waals surface area contributed by atoms with E-state index < -0.39 is 0 Å². The first kappa shape index (κ1) is 16.4. The van der Waals surface area contributed by atoms with E-state index in [1.54, 1.807) is 6.07 Å². The number of aryl methyl sites for hydroxylation is 1. The fourth-order valence-corrected chi connectivity index (χ4v) is 3.10. The highest BCUT2D eigenvalue weighted by Crippen LogP contribution is 2.25. The third-order valence-corrected chi connectivity index (χ3v) is 4.38. The molecule has 0 unspecified atom stereocenters. The summed E-state index contributed by atoms with van der Waals surface area (Å²) in [6.45, 7) is 4.12. The Morgan fingerprint density at radius 1 is 1.29 bits per heavy atom. The molecule has 1 saturated heterocycles. The topological polar surface area (TPSA) is 78.1 Å². The van der Waals surface area contributed by atoms with Gasteiger partial charge in [-0.3, -0.25) is 14.5 Å². The highest BCUT2D eigenvalue weighted by atomic mass is 16.2. The van der Waals surface area contributed by atoms with Crippen LogP contribution in [0.15, 0.2) is 41.2 Å². The number of likely N-dealkylation sites (tertiary alicyclic amines) is 1. The minimum atomic E-state index is -0.177. The number of aromatic amines is 1. The Balaban J connectivity index is 1.49. The van der Waals surface area contributed by atoms with Crippen molar-refractivity contribution in [3.05, 3.63) is 58.0 Å². The molecule has 1 fully saturated rings. The van der Waals surface area contributed by atoms with Crippen molar-refractivity contribution in [1.82, 2.24) is 15.1 Å². The molecule has 0 bridgehead atoms. The van der Waals surface area contributed by atoms with Crippen LogP contribution >= 0.6 is 0 Å². The van der Waals surface area contributed by atoms with Crippen LogP contribution in [0.4, 0.5) is 5.69 Å². The van der Waals surface area contributed by atoms with Crippen LogP contribution in [-0.2, 0) is 4.79 Å². The Labute approximate surface area is 140 Å². The molecule has 1 aromatic carbocycles. The molecule has 0 atom stereocenters. The van der Waals surface area contributed by atoms with Gasteiger partial charge in [0.05, 0.1) is 12.2 Å². The molecule has 1 aliphatic rings. The lowest BCUT2D eigenvalue weighted by atomic mass is 9.93. The van der Waals surface area contributed by atoms with Crippen LogP contribution in [0.3, 0.4) is 0 Å². The van der Waals surface area contributed by atoms with E-state index in [1.165, 1.54) is 6.07 Å². The average Bonchev–Trinajstić information content (AvgIpc) is 2.56. The summed E-state index contributed by atoms with van der Waals surface area (Å²) in [5, 5.41) is 9.55. The van der Waals surface area contributed by atoms with E-state index in [9.17, 15) is 9.59 Å². The summed E-state index contributed by atoms with van der Waals surface area (Å²) in [5.74, 6) is 0.360. The standard InChI is InChI=1S/C18H22N4O2/c1-13-3-2-4-15(11-13)19-18(24)12-22-9-7-14(8-10-22)16-5-6-17(23)21-20-16/h2-6,11,14H,7-10,12H2,1H3,(H,19,24)(H,21,23). The van der Waals surface area contributed by atoms with Gasteiger partial charge in [0.2, 0.25) is 5.91 Å². The Kier molecular flexibility index (Phi) is 5.05. The lowest BCUT2D eigenvalue weighted by molar-refractivity contribution is -0.117. The molecule has 0 saturated carbocycles. The van der Waals surface area contributed by atoms with Crippen molar-refractivity contribution in [2.75, 3.05) is 25.0 Å². The minimum absolute atomic E-state index is 0.0150. The second-order valence-corrected chi connectivity index (χ2v) is 6.31. The van der Waals surface area contributed by atoms with Gasteiger partial charge in [-0.15, -0.1) is 0 Å². The first-order valence-corrected chi connectivity index (χ1v) is 8.24. The first-order valence-electron chi connectivity index (χ1n) is 8.24. The quantitative estimate of drug-likeness (QED) is 0.899. The van der Waals surface area contributed by atoms with Crippen molar-refractivity contribution in [1.29, 1.82) is 0 Å². The monoisotopic (exact) mass is 326 g/mol. The maximum atomic E-state index is 12.2. The van der Waals surface area contributed by atoms with E-state index >= 15 is 0 Å². The second-order valence-electron chi connectivity index (χ2n) is 6.31. The zero-order chi connectivity index (χ0) is 16.9. The molecular formula is C18H22N4O2. The number of amides is 1. The molecule has 2 N–H and O–H groups in total. The zero-order valence-electron chi connectivity index (χ0n) is 13.8. The smallest absolute Gasteiger partial charge is 0.264 e. The number of hydrogen-bond donors (Lipinski definition) is 2. The summed E-state index contributed by atoms with van der Waals surface area (Å²) in [7, 11) is 0. The van der Waals surface area contributed by atoms with Crippen LogP contribution in [-0.4, -0.2) is 40.6 Å². The van der Waals surface area contributed by atoms with Crippen LogP contribution in [0, 0.1) is 6.92 Å². The van der Waals surface area contributed by atoms with Gasteiger partial charge in [-0.1, -0.05) is 12.1 Å². The van der Waals surface area contributed by atoms with E-state index in [4.69, 9.17) is 0 Å². The number of H-pyrrole nitrogens is 1. The van der Waals surface area contributed by atoms with Crippen LogP contribution in [0.25, 0.3) is 0 Å². The number of nitrogens with one attached hydrogen (secondary N) is 2. The predicted octanol–water partition coefficient (Wildman–Crippen LogP) is 1.90. The summed E-state index contributed by atoms with van der Waals surface area (Å²) in [6, 6.07) is 11.1. The molecule has 24 heavy (non-hydrogen) atoms. The molecule has 6 heteroatoms. The SMILES string of the molecule is Cc1cccc(NC(=O)CN2CCC(c3ccc(=O)[nH]n3)CC2)c1. The van der Waals surface area contributed by atoms with Gasteiger partial charge >= 0.3 is 0 Å². The van der Waals surface area contributed by atoms with Gasteiger partial charge in [0, 0.05) is 17.7 Å². The van der Waals surface area contributed by atoms with Gasteiger partial charge in [-0.05, 0) is 56.6 Å². The Morgan fingerprint density at radius 2 is 2.08 bits per heavy atom. The second kappa shape index (κ2) is 7.40. The maximum absolute atomic E-state index is 12.2. The van der Waals surface area contributed by atoms with Crippen molar-refractivity contribution in [3.63, 3.8) is 0 Å². The molecular weight excluding hydrogens is 304 g/mol. The van der Waals surface area contributed by atoms with Crippen LogP contribution < -0.4 is 10.9 Å². The number of aromatic nitrogens is 2. The number of rotatable bonds is 4. The van der Waals surface area contributed by atoms with E-state index in [0.29, 0.717) is 12.5 Å². The van der Waals surface area contributed by atoms with Crippen molar-refractivity contribution >= 4 is 11.6 Å². The van der Waals surface area contributed by atoms with Gasteiger partial charge < -0.3 is 5.32 Å². The number of hydrogen-bond acceptors (Lipinski definition) is 4. The Bertz CT molecular complexity index is 743. The molecule has 2 heterocycles. The highest BCUT2D eigenvalue weighted by molar-refractivity contribution is 5.92. The van der Waals surface area contributed by atoms with E-state index in [0.717, 1.165) is 42.9 Å². The van der Waals surface area contributed by atoms with E-state index in [1.807, 2.05) is 31.2 Å². The average molecular weight is 326 g/mol. The van der Waals surface area contributed by atoms with Crippen molar-refractivity contribution < 1.29 is 4.79 Å². The minimum Gasteiger partial charge on any atom is -0.325 e. The number of benzene rings is 1. The summed E-state index contributed by atoms with van der Waals surface area (Å²) >= 11 is 0. The molecule has 2 aromatic rings. The van der Waals surface area contributed by atoms with Crippen LogP contribution in [0.1, 0.15) is 30.0 Å². The highest BCUT2D eigenvalue weighted by Gasteiger charge is 2.23. The summed E-state index contributed by atoms with van der Waals surface area (Å²) in [6.07, 6.45) is 1.88. The van der Waals surface area contributed by atoms with Crippen LogP contribution in [0.5, 0.6) is 0 Å². The molecule has 0 spiro atoms. The third kappa shape index (κ3) is 4.29. The number of carbonyl (C=O) groups excluding carboxylic acids is 1. The molecule has 0 radical (unpaired) electrons. The summed E-state index contributed by atoms with van der Waals surface area (Å²) in [4.78, 5) is 25.4. The van der Waals surface area contributed by atoms with E-state index in [-0.39, 0.29) is 11.5 Å². The molecule has 1 aromatic heterocycles. The Morgan fingerprint density at radius 3 is 2.75 bits per heavy atom. The fourth-order valence-electron chi connectivity index (χ4n) is 3.10. The van der Waals surface area contributed by atoms with Crippen molar-refractivity contribution in [3.8, 4) is 0 Å². The van der Waals surface area contributed by atoms with Gasteiger partial charge in [0.15, 0.2) is 0 Å². The van der Waals surface area contributed by atoms with Crippen LogP contribution in [0.2, 0.25) is 0 Å². The molecule has 0 aliphatic carbocycles. The van der Waals surface area contributed by atoms with Gasteiger partial charge in [-0.25, -0.2) is 5.10 Å². The third-order valence-electron chi connectivity index (χ3n) is 4.38. The largest absolute Gasteiger partial charge is 0.325 e. The lowest BCUT2D eigenvalue weighted by Gasteiger charge is -2.30. The molecule has 1 aliphatic heterocycles. The van der Waals surface area contributed by atoms with Gasteiger partial charge in [0.1, 0.15) is 0 Å². The van der Waals surface area contributed by atoms with Gasteiger partial charge in [0.25, 0.3) is 5.56 Å². The number of piperidine rings is 1. The van der Waals surface area contributed by atoms with Gasteiger partial charge in [-0.2, -0.15) is 5.10 Å². The number of anilines is 1. The normalized spacial score (nSPS) is 16.0. The maximum Gasteiger partial charge on any atom is 0.264 e. The molecule has 3 rings (SSSR count). The predicted molar refractivity (Wildman–Crippen MR) is 93.1 cm³/mol. The van der Waals surface area contributed by atoms with E-state index in [2.05, 4.69) is 20.4 Å². The lowest BCUT2D eigenvalue weighted by Crippen LogP contribution is -2.39. The molecule has 1 amide bonds. The van der Waals surface area contributed by atoms with Crippen molar-refractivity contribution in [2.24, 2.45) is 0 Å². The number of nitrogens with zero attached hydrogens (tertiary/aromatic N) is 2. The summed E-state index contributed by atoms with van der Waals surface area (Å²) in [5.41, 5.74) is 2.72. The molecule has 126 valence electrons. The first-order chi connectivity index (χ1) is 11.6. The van der Waals surface area contributed by atoms with Crippen molar-refractivity contribution in [2.45, 2.75) is 25.7 Å². The Hall–Kier alpha value is -2.47. The fraction of sp³-hybridized carbons (Fsp3) is 0.389.